The van der Waals surface area contributed by atoms with Crippen molar-refractivity contribution in [1.29, 1.82) is 0 Å². The first-order chi connectivity index (χ1) is 17.9. The molecule has 1 amide bonds. The summed E-state index contributed by atoms with van der Waals surface area (Å²) in [6.07, 6.45) is 8.20. The van der Waals surface area contributed by atoms with Crippen molar-refractivity contribution in [2.75, 3.05) is 25.1 Å². The highest BCUT2D eigenvalue weighted by Crippen LogP contribution is 2.30. The number of hydrogen-bond acceptors (Lipinski definition) is 5. The summed E-state index contributed by atoms with van der Waals surface area (Å²) in [6.45, 7) is 6.83. The van der Waals surface area contributed by atoms with E-state index in [0.29, 0.717) is 30.3 Å². The number of ether oxygens (including phenoxy) is 1. The third kappa shape index (κ3) is 8.59. The molecule has 0 spiro atoms. The number of amides is 1. The second kappa shape index (κ2) is 15.2. The lowest BCUT2D eigenvalue weighted by Crippen LogP contribution is -2.41. The Morgan fingerprint density at radius 1 is 1.14 bits per heavy atom. The van der Waals surface area contributed by atoms with Gasteiger partial charge in [0.1, 0.15) is 6.04 Å². The number of benzene rings is 2. The van der Waals surface area contributed by atoms with Gasteiger partial charge in [-0.15, -0.1) is 0 Å². The fourth-order valence-corrected chi connectivity index (χ4v) is 5.46. The molecular formula is C30H42N2O4S. The monoisotopic (exact) mass is 526 g/mol. The molecule has 0 aliphatic carbocycles. The molecule has 2 atom stereocenters. The van der Waals surface area contributed by atoms with E-state index >= 15 is 0 Å². The van der Waals surface area contributed by atoms with Crippen LogP contribution in [-0.4, -0.2) is 54.2 Å². The molecule has 1 aliphatic heterocycles. The SMILES string of the molecule is CCCCC(OCc1ccc(C(=O)N[C@@H](CCSC)C(=O)O)c(-c2ccccc2C)c1)C1CCNCC1. The van der Waals surface area contributed by atoms with Gasteiger partial charge >= 0.3 is 5.97 Å². The van der Waals surface area contributed by atoms with Gasteiger partial charge in [0, 0.05) is 5.56 Å². The Bertz CT molecular complexity index is 1020. The van der Waals surface area contributed by atoms with Gasteiger partial charge in [0.05, 0.1) is 12.7 Å². The van der Waals surface area contributed by atoms with Gasteiger partial charge in [-0.3, -0.25) is 4.79 Å². The Balaban J connectivity index is 1.85. The van der Waals surface area contributed by atoms with Crippen molar-refractivity contribution in [3.63, 3.8) is 0 Å². The molecule has 1 aliphatic rings. The van der Waals surface area contributed by atoms with Crippen molar-refractivity contribution < 1.29 is 19.4 Å². The molecule has 6 nitrogen and oxygen atoms in total. The van der Waals surface area contributed by atoms with Crippen LogP contribution in [0.4, 0.5) is 0 Å². The van der Waals surface area contributed by atoms with E-state index in [0.717, 1.165) is 67.4 Å². The Labute approximate surface area is 226 Å². The summed E-state index contributed by atoms with van der Waals surface area (Å²) >= 11 is 1.56. The van der Waals surface area contributed by atoms with Crippen LogP contribution in [0.2, 0.25) is 0 Å². The first-order valence-corrected chi connectivity index (χ1v) is 14.9. The second-order valence-corrected chi connectivity index (χ2v) is 10.9. The third-order valence-electron chi connectivity index (χ3n) is 7.19. The molecule has 1 fully saturated rings. The quantitative estimate of drug-likeness (QED) is 0.294. The molecule has 3 rings (SSSR count). The topological polar surface area (TPSA) is 87.7 Å². The average Bonchev–Trinajstić information content (AvgIpc) is 2.91. The van der Waals surface area contributed by atoms with Gasteiger partial charge in [0.2, 0.25) is 0 Å². The van der Waals surface area contributed by atoms with Crippen LogP contribution in [0.5, 0.6) is 0 Å². The molecule has 0 saturated carbocycles. The van der Waals surface area contributed by atoms with E-state index < -0.39 is 12.0 Å². The number of hydrogen-bond donors (Lipinski definition) is 3. The number of thioether (sulfide) groups is 1. The number of carbonyl (C=O) groups is 2. The van der Waals surface area contributed by atoms with Crippen molar-refractivity contribution >= 4 is 23.6 Å². The lowest BCUT2D eigenvalue weighted by molar-refractivity contribution is -0.139. The molecule has 0 bridgehead atoms. The zero-order chi connectivity index (χ0) is 26.6. The van der Waals surface area contributed by atoms with Crippen molar-refractivity contribution in [3.8, 4) is 11.1 Å². The first-order valence-electron chi connectivity index (χ1n) is 13.5. The molecule has 2 aromatic carbocycles. The molecule has 37 heavy (non-hydrogen) atoms. The number of nitrogens with one attached hydrogen (secondary N) is 2. The maximum Gasteiger partial charge on any atom is 0.326 e. The third-order valence-corrected chi connectivity index (χ3v) is 7.84. The molecule has 202 valence electrons. The Kier molecular flexibility index (Phi) is 12.0. The zero-order valence-electron chi connectivity index (χ0n) is 22.4. The van der Waals surface area contributed by atoms with Gasteiger partial charge in [-0.2, -0.15) is 11.8 Å². The van der Waals surface area contributed by atoms with E-state index in [1.54, 1.807) is 11.8 Å². The van der Waals surface area contributed by atoms with E-state index in [2.05, 4.69) is 17.6 Å². The van der Waals surface area contributed by atoms with Crippen LogP contribution in [-0.2, 0) is 16.1 Å². The molecule has 1 unspecified atom stereocenters. The Hall–Kier alpha value is -2.35. The molecule has 1 saturated heterocycles. The minimum atomic E-state index is -1.01. The summed E-state index contributed by atoms with van der Waals surface area (Å²) in [7, 11) is 0. The summed E-state index contributed by atoms with van der Waals surface area (Å²) in [6, 6.07) is 12.8. The molecule has 7 heteroatoms. The summed E-state index contributed by atoms with van der Waals surface area (Å²) in [5.41, 5.74) is 4.32. The number of piperidine rings is 1. The standard InChI is InChI=1S/C30H42N2O4S/c1-4-5-10-28(23-13-16-31-17-14-23)36-20-22-11-12-25(26(19-22)24-9-7-6-8-21(24)2)29(33)32-27(30(34)35)15-18-37-3/h6-9,11-12,19,23,27-28,31H,4-5,10,13-18,20H2,1-3H3,(H,32,33)(H,34,35)/t27-,28?/m0/s1. The van der Waals surface area contributed by atoms with Crippen LogP contribution in [0.15, 0.2) is 42.5 Å². The maximum atomic E-state index is 13.3. The molecular weight excluding hydrogens is 484 g/mol. The van der Waals surface area contributed by atoms with Gasteiger partial charge in [-0.25, -0.2) is 4.79 Å². The number of aryl methyl sites for hydroxylation is 1. The second-order valence-electron chi connectivity index (χ2n) is 9.92. The van der Waals surface area contributed by atoms with Crippen LogP contribution >= 0.6 is 11.8 Å². The van der Waals surface area contributed by atoms with Crippen LogP contribution < -0.4 is 10.6 Å². The predicted molar refractivity (Wildman–Crippen MR) is 152 cm³/mol. The summed E-state index contributed by atoms with van der Waals surface area (Å²) < 4.78 is 6.52. The van der Waals surface area contributed by atoms with Crippen molar-refractivity contribution in [2.45, 2.75) is 71.1 Å². The van der Waals surface area contributed by atoms with E-state index in [1.807, 2.05) is 55.6 Å². The van der Waals surface area contributed by atoms with Crippen LogP contribution in [0.1, 0.15) is 66.9 Å². The van der Waals surface area contributed by atoms with Gasteiger partial charge in [0.15, 0.2) is 0 Å². The fraction of sp³-hybridized carbons (Fsp3) is 0.533. The molecule has 3 N–H and O–H groups in total. The van der Waals surface area contributed by atoms with E-state index in [-0.39, 0.29) is 12.0 Å². The van der Waals surface area contributed by atoms with Gasteiger partial charge in [-0.1, -0.05) is 50.1 Å². The molecule has 1 heterocycles. The zero-order valence-corrected chi connectivity index (χ0v) is 23.2. The van der Waals surface area contributed by atoms with Crippen LogP contribution in [0.3, 0.4) is 0 Å². The van der Waals surface area contributed by atoms with E-state index in [9.17, 15) is 14.7 Å². The minimum absolute atomic E-state index is 0.236. The number of aliphatic carboxylic acids is 1. The maximum absolute atomic E-state index is 13.3. The minimum Gasteiger partial charge on any atom is -0.480 e. The predicted octanol–water partition coefficient (Wildman–Crippen LogP) is 5.67. The van der Waals surface area contributed by atoms with Crippen LogP contribution in [0, 0.1) is 12.8 Å². The highest BCUT2D eigenvalue weighted by atomic mass is 32.2. The van der Waals surface area contributed by atoms with E-state index in [4.69, 9.17) is 4.74 Å². The van der Waals surface area contributed by atoms with Gasteiger partial charge < -0.3 is 20.5 Å². The Morgan fingerprint density at radius 2 is 1.89 bits per heavy atom. The number of carbonyl (C=O) groups excluding carboxylic acids is 1. The lowest BCUT2D eigenvalue weighted by Gasteiger charge is -2.31. The number of unbranched alkanes of at least 4 members (excludes halogenated alkanes) is 1. The van der Waals surface area contributed by atoms with Gasteiger partial charge in [-0.05, 0) is 98.0 Å². The lowest BCUT2D eigenvalue weighted by atomic mass is 9.89. The highest BCUT2D eigenvalue weighted by Gasteiger charge is 2.25. The first kappa shape index (κ1) is 29.2. The fourth-order valence-electron chi connectivity index (χ4n) is 4.99. The average molecular weight is 527 g/mol. The normalized spacial score (nSPS) is 15.8. The summed E-state index contributed by atoms with van der Waals surface area (Å²) in [5.74, 6) is -0.146. The smallest absolute Gasteiger partial charge is 0.326 e. The van der Waals surface area contributed by atoms with Gasteiger partial charge in [0.25, 0.3) is 5.91 Å². The van der Waals surface area contributed by atoms with Crippen molar-refractivity contribution in [2.24, 2.45) is 5.92 Å². The van der Waals surface area contributed by atoms with Crippen molar-refractivity contribution in [3.05, 3.63) is 59.2 Å². The Morgan fingerprint density at radius 3 is 2.57 bits per heavy atom. The van der Waals surface area contributed by atoms with E-state index in [1.165, 1.54) is 0 Å². The number of rotatable bonds is 14. The van der Waals surface area contributed by atoms with Crippen LogP contribution in [0.25, 0.3) is 11.1 Å². The van der Waals surface area contributed by atoms with Crippen molar-refractivity contribution in [1.82, 2.24) is 10.6 Å². The largest absolute Gasteiger partial charge is 0.480 e. The highest BCUT2D eigenvalue weighted by molar-refractivity contribution is 7.98. The number of carboxylic acids is 1. The molecule has 2 aromatic rings. The number of carboxylic acid groups (broad SMARTS) is 1. The summed E-state index contributed by atoms with van der Waals surface area (Å²) in [4.78, 5) is 25.1. The molecule has 0 aromatic heterocycles. The summed E-state index contributed by atoms with van der Waals surface area (Å²) in [5, 5.41) is 15.8. The molecule has 0 radical (unpaired) electrons.